The monoisotopic (exact) mass is 422 g/mol. The molecule has 0 heterocycles. The molecule has 1 saturated carbocycles. The molecular weight excluding hydrogens is 388 g/mol. The zero-order chi connectivity index (χ0) is 22.4. The zero-order valence-electron chi connectivity index (χ0n) is 17.9. The van der Waals surface area contributed by atoms with Gasteiger partial charge in [-0.3, -0.25) is 9.59 Å². The average Bonchev–Trinajstić information content (AvgIpc) is 3.45. The summed E-state index contributed by atoms with van der Waals surface area (Å²) < 4.78 is 5.13. The second-order valence-electron chi connectivity index (χ2n) is 9.09. The number of phenolic OH excluding ortho intramolecular Hbond substituents is 3. The van der Waals surface area contributed by atoms with Gasteiger partial charge in [0.15, 0.2) is 11.5 Å². The van der Waals surface area contributed by atoms with Crippen LogP contribution in [0.25, 0.3) is 0 Å². The maximum atomic E-state index is 11.1. The first-order chi connectivity index (χ1) is 14.1. The number of unbranched alkanes of at least 4 members (excludes halogenated alkanes) is 3. The molecule has 30 heavy (non-hydrogen) atoms. The van der Waals surface area contributed by atoms with Crippen molar-refractivity contribution in [1.82, 2.24) is 0 Å². The third kappa shape index (κ3) is 6.28. The van der Waals surface area contributed by atoms with Gasteiger partial charge >= 0.3 is 5.97 Å². The number of ether oxygens (including phenoxy) is 1. The van der Waals surface area contributed by atoms with Crippen LogP contribution < -0.4 is 0 Å². The molecule has 0 atom stereocenters. The molecule has 0 spiro atoms. The van der Waals surface area contributed by atoms with Gasteiger partial charge in [0, 0.05) is 0 Å². The van der Waals surface area contributed by atoms with Crippen molar-refractivity contribution in [1.29, 1.82) is 0 Å². The average molecular weight is 423 g/mol. The van der Waals surface area contributed by atoms with Crippen molar-refractivity contribution in [3.05, 3.63) is 17.2 Å². The zero-order valence-corrected chi connectivity index (χ0v) is 17.9. The number of carboxylic acid groups (broad SMARTS) is 1. The number of carbonyl (C=O) groups excluding carboxylic acids is 1. The lowest BCUT2D eigenvalue weighted by Crippen LogP contribution is -2.23. The molecule has 0 radical (unpaired) electrons. The van der Waals surface area contributed by atoms with E-state index >= 15 is 0 Å². The standard InChI is InChI=1S/C23H34O7/c1-22(2,21(28)29)10-6-3-4-8-16-14-17(19(26)20(27)18(16)25)9-5-7-11-23(12-13-23)30-15-24/h14-15,25-27H,3-13H2,1-2H3,(H,28,29). The van der Waals surface area contributed by atoms with Crippen LogP contribution in [0.3, 0.4) is 0 Å². The van der Waals surface area contributed by atoms with E-state index in [1.807, 2.05) is 0 Å². The van der Waals surface area contributed by atoms with E-state index < -0.39 is 17.1 Å². The van der Waals surface area contributed by atoms with Crippen molar-refractivity contribution in [2.45, 2.75) is 90.1 Å². The molecule has 1 aromatic rings. The number of aryl methyl sites for hydroxylation is 2. The van der Waals surface area contributed by atoms with Gasteiger partial charge in [-0.2, -0.15) is 0 Å². The molecule has 1 aliphatic carbocycles. The van der Waals surface area contributed by atoms with Crippen LogP contribution in [0.5, 0.6) is 17.2 Å². The molecule has 0 aromatic heterocycles. The lowest BCUT2D eigenvalue weighted by Gasteiger charge is -2.18. The molecule has 168 valence electrons. The fraction of sp³-hybridized carbons (Fsp3) is 0.652. The number of rotatable bonds is 14. The fourth-order valence-corrected chi connectivity index (χ4v) is 3.74. The van der Waals surface area contributed by atoms with Crippen LogP contribution in [0, 0.1) is 5.41 Å². The van der Waals surface area contributed by atoms with Crippen LogP contribution in [0.1, 0.15) is 82.8 Å². The van der Waals surface area contributed by atoms with Crippen LogP contribution in [-0.2, 0) is 27.2 Å². The van der Waals surface area contributed by atoms with E-state index in [9.17, 15) is 24.9 Å². The molecule has 1 fully saturated rings. The van der Waals surface area contributed by atoms with Gasteiger partial charge in [0.25, 0.3) is 6.47 Å². The predicted molar refractivity (Wildman–Crippen MR) is 112 cm³/mol. The topological polar surface area (TPSA) is 124 Å². The minimum absolute atomic E-state index is 0.287. The van der Waals surface area contributed by atoms with Crippen LogP contribution in [0.2, 0.25) is 0 Å². The highest BCUT2D eigenvalue weighted by molar-refractivity contribution is 5.73. The molecule has 0 amide bonds. The molecular formula is C23H34O7. The summed E-state index contributed by atoms with van der Waals surface area (Å²) in [6.45, 7) is 3.93. The normalized spacial score (nSPS) is 15.0. The van der Waals surface area contributed by atoms with Gasteiger partial charge in [0.2, 0.25) is 5.75 Å². The predicted octanol–water partition coefficient (Wildman–Crippen LogP) is 4.44. The number of carboxylic acids is 1. The second-order valence-corrected chi connectivity index (χ2v) is 9.09. The third-order valence-corrected chi connectivity index (χ3v) is 6.17. The first-order valence-electron chi connectivity index (χ1n) is 10.7. The van der Waals surface area contributed by atoms with Gasteiger partial charge in [-0.25, -0.2) is 0 Å². The van der Waals surface area contributed by atoms with E-state index in [-0.39, 0.29) is 17.1 Å². The smallest absolute Gasteiger partial charge is 0.309 e. The van der Waals surface area contributed by atoms with Crippen LogP contribution >= 0.6 is 0 Å². The maximum Gasteiger partial charge on any atom is 0.309 e. The quantitative estimate of drug-likeness (QED) is 0.198. The van der Waals surface area contributed by atoms with Crippen molar-refractivity contribution in [2.24, 2.45) is 5.41 Å². The summed E-state index contributed by atoms with van der Waals surface area (Å²) >= 11 is 0. The Hall–Kier alpha value is -2.44. The molecule has 1 aliphatic rings. The van der Waals surface area contributed by atoms with Crippen molar-refractivity contribution in [3.8, 4) is 17.2 Å². The number of aromatic hydroxyl groups is 3. The Balaban J connectivity index is 1.85. The molecule has 4 N–H and O–H groups in total. The minimum Gasteiger partial charge on any atom is -0.504 e. The number of hydrogen-bond acceptors (Lipinski definition) is 6. The SMILES string of the molecule is CC(C)(CCCCCc1cc(CCCCC2(OC=O)CC2)c(O)c(O)c1O)C(=O)O. The molecule has 0 saturated heterocycles. The highest BCUT2D eigenvalue weighted by Gasteiger charge is 2.44. The van der Waals surface area contributed by atoms with E-state index in [0.717, 1.165) is 51.4 Å². The molecule has 0 bridgehead atoms. The molecule has 2 rings (SSSR count). The minimum atomic E-state index is -0.807. The Bertz CT molecular complexity index is 750. The first kappa shape index (κ1) is 23.8. The lowest BCUT2D eigenvalue weighted by atomic mass is 9.87. The van der Waals surface area contributed by atoms with Gasteiger partial charge in [0.1, 0.15) is 5.60 Å². The summed E-state index contributed by atoms with van der Waals surface area (Å²) in [7, 11) is 0. The van der Waals surface area contributed by atoms with Crippen LogP contribution in [-0.4, -0.2) is 38.5 Å². The number of hydrogen-bond donors (Lipinski definition) is 4. The van der Waals surface area contributed by atoms with Crippen LogP contribution in [0.4, 0.5) is 0 Å². The number of carbonyl (C=O) groups is 2. The Morgan fingerprint density at radius 1 is 1.00 bits per heavy atom. The Morgan fingerprint density at radius 2 is 1.57 bits per heavy atom. The van der Waals surface area contributed by atoms with E-state index in [1.165, 1.54) is 0 Å². The van der Waals surface area contributed by atoms with Crippen molar-refractivity contribution in [3.63, 3.8) is 0 Å². The Labute approximate surface area is 177 Å². The third-order valence-electron chi connectivity index (χ3n) is 6.17. The summed E-state index contributed by atoms with van der Waals surface area (Å²) in [4.78, 5) is 21.7. The summed E-state index contributed by atoms with van der Waals surface area (Å²) in [5.74, 6) is -1.88. The van der Waals surface area contributed by atoms with Gasteiger partial charge in [0.05, 0.1) is 5.41 Å². The van der Waals surface area contributed by atoms with Crippen molar-refractivity contribution < 1.29 is 34.8 Å². The molecule has 7 heteroatoms. The number of phenols is 3. The summed E-state index contributed by atoms with van der Waals surface area (Å²) in [6, 6.07) is 1.74. The van der Waals surface area contributed by atoms with Gasteiger partial charge < -0.3 is 25.2 Å². The molecule has 1 aromatic carbocycles. The van der Waals surface area contributed by atoms with E-state index in [1.54, 1.807) is 19.9 Å². The Kier molecular flexibility index (Phi) is 7.98. The largest absolute Gasteiger partial charge is 0.504 e. The van der Waals surface area contributed by atoms with Crippen molar-refractivity contribution in [2.75, 3.05) is 0 Å². The first-order valence-corrected chi connectivity index (χ1v) is 10.7. The fourth-order valence-electron chi connectivity index (χ4n) is 3.74. The molecule has 0 aliphatic heterocycles. The lowest BCUT2D eigenvalue weighted by molar-refractivity contribution is -0.147. The van der Waals surface area contributed by atoms with Gasteiger partial charge in [-0.1, -0.05) is 12.8 Å². The van der Waals surface area contributed by atoms with E-state index in [2.05, 4.69) is 0 Å². The highest BCUT2D eigenvalue weighted by atomic mass is 16.5. The van der Waals surface area contributed by atoms with E-state index in [0.29, 0.717) is 36.9 Å². The second kappa shape index (κ2) is 10.0. The van der Waals surface area contributed by atoms with Crippen molar-refractivity contribution >= 4 is 12.4 Å². The summed E-state index contributed by atoms with van der Waals surface area (Å²) in [5.41, 5.74) is 0.137. The number of benzene rings is 1. The molecule has 7 nitrogen and oxygen atoms in total. The number of aliphatic carboxylic acids is 1. The van der Waals surface area contributed by atoms with Gasteiger partial charge in [-0.15, -0.1) is 0 Å². The van der Waals surface area contributed by atoms with Gasteiger partial charge in [-0.05, 0) is 88.8 Å². The summed E-state index contributed by atoms with van der Waals surface area (Å²) in [5, 5.41) is 39.6. The maximum absolute atomic E-state index is 11.1. The Morgan fingerprint density at radius 3 is 2.07 bits per heavy atom. The summed E-state index contributed by atoms with van der Waals surface area (Å²) in [6.07, 6.45) is 8.18. The highest BCUT2D eigenvalue weighted by Crippen LogP contribution is 2.44. The molecule has 0 unspecified atom stereocenters. The van der Waals surface area contributed by atoms with Crippen LogP contribution in [0.15, 0.2) is 6.07 Å². The van der Waals surface area contributed by atoms with E-state index in [4.69, 9.17) is 9.84 Å².